The molecule has 0 atom stereocenters. The van der Waals surface area contributed by atoms with Gasteiger partial charge in [0.2, 0.25) is 0 Å². The van der Waals surface area contributed by atoms with Crippen LogP contribution in [-0.2, 0) is 21.8 Å². The zero-order valence-corrected chi connectivity index (χ0v) is 20.1. The van der Waals surface area contributed by atoms with Crippen LogP contribution in [0.1, 0.15) is 68.4 Å². The zero-order chi connectivity index (χ0) is 24.3. The molecule has 7 heteroatoms. The first-order chi connectivity index (χ1) is 15.2. The van der Waals surface area contributed by atoms with Gasteiger partial charge < -0.3 is 0 Å². The molecule has 4 rings (SSSR count). The molecule has 3 nitrogen and oxygen atoms in total. The lowest BCUT2D eigenvalue weighted by Crippen LogP contribution is -2.34. The first-order valence-corrected chi connectivity index (χ1v) is 11.6. The van der Waals surface area contributed by atoms with Crippen LogP contribution in [0.3, 0.4) is 0 Å². The molecular formula is C26H26F3NO2S. The first kappa shape index (κ1) is 23.6. The number of imide groups is 1. The molecule has 0 bridgehead atoms. The van der Waals surface area contributed by atoms with Gasteiger partial charge >= 0.3 is 6.18 Å². The number of amides is 2. The van der Waals surface area contributed by atoms with E-state index in [1.165, 1.54) is 23.8 Å². The van der Waals surface area contributed by atoms with Crippen LogP contribution in [0.15, 0.2) is 35.2 Å². The quantitative estimate of drug-likeness (QED) is 0.464. The normalized spacial score (nSPS) is 20.7. The van der Waals surface area contributed by atoms with Gasteiger partial charge in [0, 0.05) is 0 Å². The zero-order valence-electron chi connectivity index (χ0n) is 19.2. The SMILES string of the molecule is Cc1cc2c(cc1-c1cc(/C=C3\SC(=O)NC3=O)ccc1C(F)(F)F)C(C)(C)CCC2(C)C. The molecule has 174 valence electrons. The summed E-state index contributed by atoms with van der Waals surface area (Å²) in [6, 6.07) is 7.80. The largest absolute Gasteiger partial charge is 0.417 e. The molecule has 2 aromatic carbocycles. The third-order valence-electron chi connectivity index (χ3n) is 6.78. The van der Waals surface area contributed by atoms with E-state index in [2.05, 4.69) is 33.0 Å². The highest BCUT2D eigenvalue weighted by Crippen LogP contribution is 2.49. The topological polar surface area (TPSA) is 46.2 Å². The number of thioether (sulfide) groups is 1. The lowest BCUT2D eigenvalue weighted by atomic mass is 9.62. The number of halogens is 3. The van der Waals surface area contributed by atoms with E-state index in [1.807, 2.05) is 19.1 Å². The molecule has 1 fully saturated rings. The predicted octanol–water partition coefficient (Wildman–Crippen LogP) is 7.35. The van der Waals surface area contributed by atoms with Gasteiger partial charge in [0.05, 0.1) is 10.5 Å². The number of alkyl halides is 3. The van der Waals surface area contributed by atoms with Gasteiger partial charge in [0.1, 0.15) is 0 Å². The minimum atomic E-state index is -4.53. The van der Waals surface area contributed by atoms with Gasteiger partial charge in [-0.05, 0) is 93.9 Å². The number of rotatable bonds is 2. The summed E-state index contributed by atoms with van der Waals surface area (Å²) in [6.07, 6.45) is -1.11. The van der Waals surface area contributed by atoms with Gasteiger partial charge in [0.15, 0.2) is 0 Å². The van der Waals surface area contributed by atoms with Crippen LogP contribution in [0.25, 0.3) is 17.2 Å². The summed E-state index contributed by atoms with van der Waals surface area (Å²) in [5.74, 6) is -0.541. The second-order valence-electron chi connectivity index (χ2n) is 10.1. The Balaban J connectivity index is 1.93. The average molecular weight is 474 g/mol. The maximum Gasteiger partial charge on any atom is 0.417 e. The second-order valence-corrected chi connectivity index (χ2v) is 11.2. The molecule has 1 heterocycles. The molecule has 0 unspecified atom stereocenters. The number of carbonyl (C=O) groups excluding carboxylic acids is 2. The van der Waals surface area contributed by atoms with Gasteiger partial charge in [-0.1, -0.05) is 45.9 Å². The van der Waals surface area contributed by atoms with E-state index in [9.17, 15) is 22.8 Å². The molecule has 1 aliphatic carbocycles. The van der Waals surface area contributed by atoms with E-state index in [-0.39, 0.29) is 21.3 Å². The van der Waals surface area contributed by atoms with Gasteiger partial charge in [-0.2, -0.15) is 13.2 Å². The Bertz CT molecular complexity index is 1210. The molecule has 0 aromatic heterocycles. The smallest absolute Gasteiger partial charge is 0.282 e. The number of hydrogen-bond donors (Lipinski definition) is 1. The predicted molar refractivity (Wildman–Crippen MR) is 126 cm³/mol. The lowest BCUT2D eigenvalue weighted by Gasteiger charge is -2.42. The Labute approximate surface area is 195 Å². The monoisotopic (exact) mass is 473 g/mol. The minimum Gasteiger partial charge on any atom is -0.282 e. The fraction of sp³-hybridized carbons (Fsp3) is 0.385. The van der Waals surface area contributed by atoms with Crippen LogP contribution in [0.2, 0.25) is 0 Å². The standard InChI is InChI=1S/C26H26F3NO2S/c1-14-10-19-20(25(4,5)9-8-24(19,2)3)13-16(14)17-11-15(6-7-18(17)26(27,28)29)12-21-22(31)30-23(32)33-21/h6-7,10-13H,8-9H2,1-5H3,(H,30,31,32)/b21-12-. The summed E-state index contributed by atoms with van der Waals surface area (Å²) >= 11 is 0.740. The molecule has 0 radical (unpaired) electrons. The lowest BCUT2D eigenvalue weighted by molar-refractivity contribution is -0.137. The van der Waals surface area contributed by atoms with Gasteiger partial charge in [0.25, 0.3) is 11.1 Å². The van der Waals surface area contributed by atoms with E-state index in [0.29, 0.717) is 11.1 Å². The van der Waals surface area contributed by atoms with E-state index in [4.69, 9.17) is 0 Å². The van der Waals surface area contributed by atoms with Crippen LogP contribution in [0.5, 0.6) is 0 Å². The maximum atomic E-state index is 14.0. The number of aryl methyl sites for hydroxylation is 1. The maximum absolute atomic E-state index is 14.0. The fourth-order valence-corrected chi connectivity index (χ4v) is 5.39. The van der Waals surface area contributed by atoms with Crippen molar-refractivity contribution in [3.05, 3.63) is 63.1 Å². The average Bonchev–Trinajstić information content (AvgIpc) is 3.01. The van der Waals surface area contributed by atoms with E-state index in [1.54, 1.807) is 0 Å². The highest BCUT2D eigenvalue weighted by molar-refractivity contribution is 8.18. The van der Waals surface area contributed by atoms with Crippen LogP contribution in [0, 0.1) is 6.92 Å². The van der Waals surface area contributed by atoms with E-state index < -0.39 is 22.9 Å². The summed E-state index contributed by atoms with van der Waals surface area (Å²) in [6.45, 7) is 10.5. The Morgan fingerprint density at radius 3 is 2.09 bits per heavy atom. The number of hydrogen-bond acceptors (Lipinski definition) is 3. The van der Waals surface area contributed by atoms with Crippen molar-refractivity contribution in [3.63, 3.8) is 0 Å². The number of benzene rings is 2. The minimum absolute atomic E-state index is 0.0487. The van der Waals surface area contributed by atoms with Crippen LogP contribution >= 0.6 is 11.8 Å². The van der Waals surface area contributed by atoms with Crippen molar-refractivity contribution in [1.82, 2.24) is 5.32 Å². The molecule has 1 saturated heterocycles. The van der Waals surface area contributed by atoms with Crippen molar-refractivity contribution in [2.75, 3.05) is 0 Å². The van der Waals surface area contributed by atoms with Gasteiger partial charge in [-0.25, -0.2) is 0 Å². The Kier molecular flexibility index (Phi) is 5.55. The van der Waals surface area contributed by atoms with Crippen molar-refractivity contribution >= 4 is 29.0 Å². The Morgan fingerprint density at radius 2 is 1.55 bits per heavy atom. The van der Waals surface area contributed by atoms with E-state index >= 15 is 0 Å². The molecule has 1 aliphatic heterocycles. The molecule has 2 amide bonds. The van der Waals surface area contributed by atoms with Crippen molar-refractivity contribution in [3.8, 4) is 11.1 Å². The Morgan fingerprint density at radius 1 is 0.939 bits per heavy atom. The van der Waals surface area contributed by atoms with Crippen molar-refractivity contribution in [1.29, 1.82) is 0 Å². The highest BCUT2D eigenvalue weighted by atomic mass is 32.2. The van der Waals surface area contributed by atoms with Crippen molar-refractivity contribution in [2.45, 2.75) is 64.5 Å². The number of carbonyl (C=O) groups is 2. The Hall–Kier alpha value is -2.54. The number of nitrogens with one attached hydrogen (secondary N) is 1. The molecule has 2 aliphatic rings. The molecule has 1 N–H and O–H groups in total. The summed E-state index contributed by atoms with van der Waals surface area (Å²) in [5.41, 5.74) is 3.16. The summed E-state index contributed by atoms with van der Waals surface area (Å²) in [5, 5.41) is 1.67. The third-order valence-corrected chi connectivity index (χ3v) is 7.59. The van der Waals surface area contributed by atoms with Crippen LogP contribution in [0.4, 0.5) is 18.0 Å². The highest BCUT2D eigenvalue weighted by Gasteiger charge is 2.39. The number of fused-ring (bicyclic) bond motifs is 1. The summed E-state index contributed by atoms with van der Waals surface area (Å²) in [4.78, 5) is 23.5. The summed E-state index contributed by atoms with van der Waals surface area (Å²) in [7, 11) is 0. The molecule has 0 spiro atoms. The second kappa shape index (κ2) is 7.76. The van der Waals surface area contributed by atoms with E-state index in [0.717, 1.165) is 41.8 Å². The fourth-order valence-electron chi connectivity index (χ4n) is 4.71. The van der Waals surface area contributed by atoms with Crippen LogP contribution in [-0.4, -0.2) is 11.1 Å². The molecule has 2 aromatic rings. The molecular weight excluding hydrogens is 447 g/mol. The molecule has 33 heavy (non-hydrogen) atoms. The van der Waals surface area contributed by atoms with Gasteiger partial charge in [-0.3, -0.25) is 14.9 Å². The van der Waals surface area contributed by atoms with Crippen molar-refractivity contribution in [2.24, 2.45) is 0 Å². The van der Waals surface area contributed by atoms with Crippen molar-refractivity contribution < 1.29 is 22.8 Å². The van der Waals surface area contributed by atoms with Crippen LogP contribution < -0.4 is 5.32 Å². The van der Waals surface area contributed by atoms with Gasteiger partial charge in [-0.15, -0.1) is 0 Å². The molecule has 0 saturated carbocycles. The first-order valence-electron chi connectivity index (χ1n) is 10.8. The summed E-state index contributed by atoms with van der Waals surface area (Å²) < 4.78 is 42.0. The third kappa shape index (κ3) is 4.35.